The Morgan fingerprint density at radius 2 is 2.24 bits per heavy atom. The molecule has 1 N–H and O–H groups in total. The summed E-state index contributed by atoms with van der Waals surface area (Å²) in [7, 11) is 1.71. The Morgan fingerprint density at radius 1 is 1.41 bits per heavy atom. The molecule has 2 rings (SSSR count). The van der Waals surface area contributed by atoms with Crippen molar-refractivity contribution in [3.8, 4) is 0 Å². The van der Waals surface area contributed by atoms with Crippen LogP contribution in [0.25, 0.3) is 0 Å². The van der Waals surface area contributed by atoms with Crippen LogP contribution in [0.1, 0.15) is 18.9 Å². The number of para-hydroxylation sites is 1. The van der Waals surface area contributed by atoms with Gasteiger partial charge in [-0.2, -0.15) is 0 Å². The lowest BCUT2D eigenvalue weighted by Gasteiger charge is -2.20. The summed E-state index contributed by atoms with van der Waals surface area (Å²) in [5.74, 6) is 0. The molecule has 0 saturated carbocycles. The van der Waals surface area contributed by atoms with Gasteiger partial charge in [0.1, 0.15) is 0 Å². The maximum Gasteiger partial charge on any atom is 0.0784 e. The minimum Gasteiger partial charge on any atom is -0.382 e. The number of hydrogen-bond acceptors (Lipinski definition) is 3. The second-order valence-electron chi connectivity index (χ2n) is 4.60. The molecule has 17 heavy (non-hydrogen) atoms. The third-order valence-corrected chi connectivity index (χ3v) is 3.10. The Labute approximate surface area is 103 Å². The van der Waals surface area contributed by atoms with Gasteiger partial charge in [-0.1, -0.05) is 18.2 Å². The van der Waals surface area contributed by atoms with Gasteiger partial charge >= 0.3 is 0 Å². The van der Waals surface area contributed by atoms with E-state index >= 15 is 0 Å². The van der Waals surface area contributed by atoms with Gasteiger partial charge in [-0.3, -0.25) is 0 Å². The third-order valence-electron chi connectivity index (χ3n) is 3.10. The van der Waals surface area contributed by atoms with Gasteiger partial charge in [-0.15, -0.1) is 0 Å². The van der Waals surface area contributed by atoms with E-state index in [4.69, 9.17) is 9.47 Å². The van der Waals surface area contributed by atoms with Crippen molar-refractivity contribution >= 4 is 5.69 Å². The topological polar surface area (TPSA) is 30.5 Å². The maximum atomic E-state index is 5.96. The molecular formula is C14H21NO2. The van der Waals surface area contributed by atoms with Crippen LogP contribution in [-0.2, 0) is 15.9 Å². The van der Waals surface area contributed by atoms with Gasteiger partial charge in [-0.05, 0) is 31.4 Å². The molecule has 1 aromatic rings. The molecule has 0 bridgehead atoms. The van der Waals surface area contributed by atoms with E-state index in [1.165, 1.54) is 11.3 Å². The van der Waals surface area contributed by atoms with Crippen LogP contribution in [-0.4, -0.2) is 32.5 Å². The minimum atomic E-state index is 0.160. The number of fused-ring (bicyclic) bond motifs is 1. The second-order valence-corrected chi connectivity index (χ2v) is 4.60. The molecule has 0 amide bonds. The average Bonchev–Trinajstić information content (AvgIpc) is 2.53. The van der Waals surface area contributed by atoms with E-state index < -0.39 is 0 Å². The van der Waals surface area contributed by atoms with E-state index in [1.807, 2.05) is 0 Å². The number of aryl methyl sites for hydroxylation is 1. The lowest BCUT2D eigenvalue weighted by Crippen LogP contribution is -2.28. The lowest BCUT2D eigenvalue weighted by molar-refractivity contribution is -0.0353. The predicted molar refractivity (Wildman–Crippen MR) is 69.5 cm³/mol. The van der Waals surface area contributed by atoms with E-state index in [1.54, 1.807) is 7.11 Å². The molecule has 0 aliphatic carbocycles. The fourth-order valence-electron chi connectivity index (χ4n) is 2.27. The lowest BCUT2D eigenvalue weighted by atomic mass is 10.1. The quantitative estimate of drug-likeness (QED) is 0.869. The molecule has 0 fully saturated rings. The normalized spacial score (nSPS) is 21.2. The van der Waals surface area contributed by atoms with E-state index in [-0.39, 0.29) is 12.2 Å². The number of methoxy groups -OCH3 is 1. The van der Waals surface area contributed by atoms with Crippen molar-refractivity contribution < 1.29 is 9.47 Å². The monoisotopic (exact) mass is 235 g/mol. The highest BCUT2D eigenvalue weighted by Crippen LogP contribution is 2.22. The van der Waals surface area contributed by atoms with Crippen molar-refractivity contribution in [3.63, 3.8) is 0 Å². The Morgan fingerprint density at radius 3 is 3.06 bits per heavy atom. The highest BCUT2D eigenvalue weighted by atomic mass is 16.5. The molecule has 3 heteroatoms. The Kier molecular flexibility index (Phi) is 4.40. The Bertz CT molecular complexity index is 327. The summed E-state index contributed by atoms with van der Waals surface area (Å²) >= 11 is 0. The molecular weight excluding hydrogens is 214 g/mol. The van der Waals surface area contributed by atoms with E-state index in [0.717, 1.165) is 19.4 Å². The SMILES string of the molecule is COCC(C)OC1CCc2ccccc2NC1. The van der Waals surface area contributed by atoms with Crippen LogP contribution < -0.4 is 5.32 Å². The van der Waals surface area contributed by atoms with E-state index in [0.29, 0.717) is 6.61 Å². The number of rotatable bonds is 4. The highest BCUT2D eigenvalue weighted by molar-refractivity contribution is 5.51. The minimum absolute atomic E-state index is 0.160. The first-order valence-corrected chi connectivity index (χ1v) is 6.25. The molecule has 3 nitrogen and oxygen atoms in total. The van der Waals surface area contributed by atoms with Crippen molar-refractivity contribution in [2.75, 3.05) is 25.6 Å². The van der Waals surface area contributed by atoms with Crippen molar-refractivity contribution in [2.24, 2.45) is 0 Å². The standard InChI is InChI=1S/C14H21NO2/c1-11(10-16-2)17-13-8-7-12-5-3-4-6-14(12)15-9-13/h3-6,11,13,15H,7-10H2,1-2H3. The third kappa shape index (κ3) is 3.45. The zero-order chi connectivity index (χ0) is 12.1. The van der Waals surface area contributed by atoms with Gasteiger partial charge in [0.2, 0.25) is 0 Å². The van der Waals surface area contributed by atoms with Crippen molar-refractivity contribution in [3.05, 3.63) is 29.8 Å². The van der Waals surface area contributed by atoms with Gasteiger partial charge < -0.3 is 14.8 Å². The summed E-state index contributed by atoms with van der Waals surface area (Å²) in [6.45, 7) is 3.59. The molecule has 1 aliphatic rings. The van der Waals surface area contributed by atoms with Gasteiger partial charge in [-0.25, -0.2) is 0 Å². The Balaban J connectivity index is 1.90. The fourth-order valence-corrected chi connectivity index (χ4v) is 2.27. The first-order chi connectivity index (χ1) is 8.29. The molecule has 1 aromatic carbocycles. The van der Waals surface area contributed by atoms with Crippen LogP contribution in [0.3, 0.4) is 0 Å². The van der Waals surface area contributed by atoms with Crippen molar-refractivity contribution in [1.29, 1.82) is 0 Å². The largest absolute Gasteiger partial charge is 0.382 e. The van der Waals surface area contributed by atoms with Crippen molar-refractivity contribution in [2.45, 2.75) is 32.0 Å². The number of benzene rings is 1. The molecule has 1 aliphatic heterocycles. The van der Waals surface area contributed by atoms with Crippen LogP contribution in [0, 0.1) is 0 Å². The number of hydrogen-bond donors (Lipinski definition) is 1. The van der Waals surface area contributed by atoms with Crippen LogP contribution in [0.4, 0.5) is 5.69 Å². The molecule has 2 atom stereocenters. The summed E-state index contributed by atoms with van der Waals surface area (Å²) in [5, 5.41) is 3.46. The maximum absolute atomic E-state index is 5.96. The molecule has 0 saturated heterocycles. The van der Waals surface area contributed by atoms with Gasteiger partial charge in [0, 0.05) is 19.3 Å². The van der Waals surface area contributed by atoms with Gasteiger partial charge in [0.25, 0.3) is 0 Å². The van der Waals surface area contributed by atoms with Crippen LogP contribution >= 0.6 is 0 Å². The van der Waals surface area contributed by atoms with Gasteiger partial charge in [0.05, 0.1) is 18.8 Å². The first-order valence-electron chi connectivity index (χ1n) is 6.25. The molecule has 1 heterocycles. The van der Waals surface area contributed by atoms with Crippen molar-refractivity contribution in [1.82, 2.24) is 0 Å². The van der Waals surface area contributed by atoms with E-state index in [9.17, 15) is 0 Å². The summed E-state index contributed by atoms with van der Waals surface area (Å²) in [5.41, 5.74) is 2.64. The summed E-state index contributed by atoms with van der Waals surface area (Å²) < 4.78 is 11.0. The molecule has 0 aromatic heterocycles. The van der Waals surface area contributed by atoms with Crippen LogP contribution in [0.15, 0.2) is 24.3 Å². The zero-order valence-electron chi connectivity index (χ0n) is 10.6. The highest BCUT2D eigenvalue weighted by Gasteiger charge is 2.17. The smallest absolute Gasteiger partial charge is 0.0784 e. The molecule has 2 unspecified atom stereocenters. The number of ether oxygens (including phenoxy) is 2. The molecule has 94 valence electrons. The summed E-state index contributed by atoms with van der Waals surface area (Å²) in [6.07, 6.45) is 2.58. The molecule has 0 spiro atoms. The fraction of sp³-hybridized carbons (Fsp3) is 0.571. The van der Waals surface area contributed by atoms with E-state index in [2.05, 4.69) is 36.5 Å². The van der Waals surface area contributed by atoms with Crippen LogP contribution in [0.5, 0.6) is 0 Å². The number of anilines is 1. The zero-order valence-corrected chi connectivity index (χ0v) is 10.6. The Hall–Kier alpha value is -1.06. The first kappa shape index (κ1) is 12.4. The summed E-state index contributed by atoms with van der Waals surface area (Å²) in [6, 6.07) is 8.48. The second kappa shape index (κ2) is 6.03. The average molecular weight is 235 g/mol. The summed E-state index contributed by atoms with van der Waals surface area (Å²) in [4.78, 5) is 0. The van der Waals surface area contributed by atoms with Crippen LogP contribution in [0.2, 0.25) is 0 Å². The number of nitrogens with one attached hydrogen (secondary N) is 1. The molecule has 0 radical (unpaired) electrons. The predicted octanol–water partition coefficient (Wildman–Crippen LogP) is 2.46. The van der Waals surface area contributed by atoms with Gasteiger partial charge in [0.15, 0.2) is 0 Å².